The number of benzene rings is 3. The van der Waals surface area contributed by atoms with Crippen LogP contribution in [-0.2, 0) is 16.1 Å². The van der Waals surface area contributed by atoms with Gasteiger partial charge in [0, 0.05) is 24.5 Å². The number of anilines is 3. The van der Waals surface area contributed by atoms with Gasteiger partial charge in [0.05, 0.1) is 39.3 Å². The molecule has 3 amide bonds. The number of piperidine rings is 1. The summed E-state index contributed by atoms with van der Waals surface area (Å²) in [4.78, 5) is 56.9. The van der Waals surface area contributed by atoms with Crippen LogP contribution in [0, 0.1) is 18.6 Å². The molecule has 0 spiro atoms. The van der Waals surface area contributed by atoms with E-state index in [1.807, 2.05) is 42.2 Å². The molecule has 0 unspecified atom stereocenters. The van der Waals surface area contributed by atoms with E-state index >= 15 is 0 Å². The summed E-state index contributed by atoms with van der Waals surface area (Å²) in [6.45, 7) is 8.26. The van der Waals surface area contributed by atoms with Crippen LogP contribution >= 0.6 is 11.3 Å². The average Bonchev–Trinajstić information content (AvgIpc) is 3.53. The zero-order valence-corrected chi connectivity index (χ0v) is 31.9. The lowest BCUT2D eigenvalue weighted by molar-refractivity contribution is 0.0499. The summed E-state index contributed by atoms with van der Waals surface area (Å²) in [5, 5.41) is 9.84. The van der Waals surface area contributed by atoms with E-state index < -0.39 is 35.3 Å². The number of carbonyl (C=O) groups is 3. The number of hydrogen-bond acceptors (Lipinski definition) is 10. The minimum absolute atomic E-state index is 0.0194. The number of fused-ring (bicyclic) bond motifs is 2. The van der Waals surface area contributed by atoms with E-state index in [-0.39, 0.29) is 40.7 Å². The van der Waals surface area contributed by atoms with Gasteiger partial charge < -0.3 is 25.0 Å². The summed E-state index contributed by atoms with van der Waals surface area (Å²) in [6, 6.07) is 18.6. The summed E-state index contributed by atoms with van der Waals surface area (Å²) in [5.74, 6) is -2.21. The molecule has 0 bridgehead atoms. The van der Waals surface area contributed by atoms with Crippen molar-refractivity contribution in [3.8, 4) is 11.1 Å². The molecule has 1 fully saturated rings. The molecular weight excluding hydrogens is 741 g/mol. The molecule has 3 N–H and O–H groups in total. The smallest absolute Gasteiger partial charge is 0.412 e. The van der Waals surface area contributed by atoms with Gasteiger partial charge in [0.2, 0.25) is 0 Å². The van der Waals surface area contributed by atoms with Crippen LogP contribution in [0.1, 0.15) is 54.7 Å². The van der Waals surface area contributed by atoms with Crippen LogP contribution in [0.5, 0.6) is 0 Å². The number of hydrogen-bond donors (Lipinski definition) is 3. The van der Waals surface area contributed by atoms with Gasteiger partial charge >= 0.3 is 12.2 Å². The Morgan fingerprint density at radius 2 is 1.70 bits per heavy atom. The summed E-state index contributed by atoms with van der Waals surface area (Å²) in [6.07, 6.45) is 1.65. The Morgan fingerprint density at radius 1 is 0.929 bits per heavy atom. The molecule has 56 heavy (non-hydrogen) atoms. The molecule has 0 radical (unpaired) electrons. The molecule has 15 heteroatoms. The maximum absolute atomic E-state index is 14.8. The molecule has 1 atom stereocenters. The molecule has 3 aromatic heterocycles. The highest BCUT2D eigenvalue weighted by Crippen LogP contribution is 2.38. The predicted octanol–water partition coefficient (Wildman–Crippen LogP) is 8.99. The van der Waals surface area contributed by atoms with Gasteiger partial charge in [0.15, 0.2) is 5.69 Å². The van der Waals surface area contributed by atoms with Crippen LogP contribution in [-0.4, -0.2) is 57.8 Å². The molecular formula is C41H39F2N7O5S. The molecule has 288 valence electrons. The van der Waals surface area contributed by atoms with Gasteiger partial charge in [-0.1, -0.05) is 59.9 Å². The van der Waals surface area contributed by atoms with E-state index in [0.717, 1.165) is 35.5 Å². The van der Waals surface area contributed by atoms with Gasteiger partial charge in [-0.05, 0) is 75.9 Å². The number of thiazole rings is 1. The lowest BCUT2D eigenvalue weighted by atomic mass is 10.0. The Kier molecular flexibility index (Phi) is 10.8. The average molecular weight is 780 g/mol. The van der Waals surface area contributed by atoms with E-state index in [9.17, 15) is 23.2 Å². The second kappa shape index (κ2) is 15.9. The third-order valence-electron chi connectivity index (χ3n) is 8.95. The lowest BCUT2D eigenvalue weighted by Gasteiger charge is -2.36. The highest BCUT2D eigenvalue weighted by Gasteiger charge is 2.29. The number of amides is 3. The van der Waals surface area contributed by atoms with Gasteiger partial charge in [-0.25, -0.2) is 33.3 Å². The minimum atomic E-state index is -0.826. The van der Waals surface area contributed by atoms with Crippen molar-refractivity contribution in [2.45, 2.75) is 58.8 Å². The van der Waals surface area contributed by atoms with Crippen molar-refractivity contribution in [1.82, 2.24) is 20.3 Å². The van der Waals surface area contributed by atoms with Crippen molar-refractivity contribution in [3.63, 3.8) is 0 Å². The van der Waals surface area contributed by atoms with E-state index in [1.54, 1.807) is 39.1 Å². The number of ether oxygens (including phenoxy) is 2. The largest absolute Gasteiger partial charge is 0.444 e. The third kappa shape index (κ3) is 8.68. The number of halogens is 2. The topological polar surface area (TPSA) is 148 Å². The second-order valence-corrected chi connectivity index (χ2v) is 15.5. The number of rotatable bonds is 8. The van der Waals surface area contributed by atoms with Crippen LogP contribution in [0.15, 0.2) is 79.0 Å². The monoisotopic (exact) mass is 779 g/mol. The highest BCUT2D eigenvalue weighted by molar-refractivity contribution is 7.18. The fourth-order valence-corrected chi connectivity index (χ4v) is 7.33. The van der Waals surface area contributed by atoms with E-state index in [4.69, 9.17) is 14.5 Å². The first-order valence-corrected chi connectivity index (χ1v) is 18.8. The van der Waals surface area contributed by atoms with Crippen LogP contribution in [0.4, 0.5) is 35.4 Å². The molecule has 7 rings (SSSR count). The second-order valence-electron chi connectivity index (χ2n) is 14.4. The Hall–Kier alpha value is -6.22. The zero-order chi connectivity index (χ0) is 39.6. The number of nitrogens with one attached hydrogen (secondary N) is 3. The zero-order valence-electron chi connectivity index (χ0n) is 31.1. The normalized spacial score (nSPS) is 14.4. The Morgan fingerprint density at radius 3 is 2.45 bits per heavy atom. The first kappa shape index (κ1) is 38.1. The fourth-order valence-electron chi connectivity index (χ4n) is 6.57. The van der Waals surface area contributed by atoms with Crippen molar-refractivity contribution in [2.24, 2.45) is 0 Å². The molecule has 12 nitrogen and oxygen atoms in total. The molecule has 0 aliphatic carbocycles. The van der Waals surface area contributed by atoms with Crippen LogP contribution in [0.25, 0.3) is 32.4 Å². The highest BCUT2D eigenvalue weighted by atomic mass is 32.1. The van der Waals surface area contributed by atoms with Gasteiger partial charge in [0.1, 0.15) is 34.2 Å². The number of alkyl carbamates (subject to hydrolysis) is 1. The van der Waals surface area contributed by atoms with Crippen molar-refractivity contribution in [1.29, 1.82) is 0 Å². The van der Waals surface area contributed by atoms with Gasteiger partial charge in [-0.3, -0.25) is 10.1 Å². The maximum atomic E-state index is 14.8. The first-order valence-electron chi connectivity index (χ1n) is 18.0. The Bertz CT molecular complexity index is 2430. The van der Waals surface area contributed by atoms with Gasteiger partial charge in [-0.2, -0.15) is 0 Å². The standard InChI is InChI=1S/C41H39F2N7O5S/c1-23-45-35-36(50-17-9-12-27(21-50)46-40(53)55-41(2,3)4)32(20-44-38(35)56-23)48-37(51)34-31(49-39(52)54-22-24-10-6-5-7-11-24)18-25-15-16-26(19-30(25)47-34)33-28(42)13-8-14-29(33)43/h5-8,10-11,13-16,18-20,27H,9,12,17,21-22H2,1-4H3,(H,46,53)(H,48,51)(H,49,52)/t27-/m0/s1. The molecule has 6 aromatic rings. The van der Waals surface area contributed by atoms with Crippen molar-refractivity contribution in [3.05, 3.63) is 107 Å². The number of pyridine rings is 2. The summed E-state index contributed by atoms with van der Waals surface area (Å²) >= 11 is 1.41. The number of aryl methyl sites for hydroxylation is 1. The van der Waals surface area contributed by atoms with Crippen LogP contribution in [0.3, 0.4) is 0 Å². The Balaban J connectivity index is 1.24. The van der Waals surface area contributed by atoms with E-state index in [0.29, 0.717) is 40.2 Å². The van der Waals surface area contributed by atoms with Crippen molar-refractivity contribution < 1.29 is 32.6 Å². The van der Waals surface area contributed by atoms with Gasteiger partial charge in [-0.15, -0.1) is 0 Å². The molecule has 3 aromatic carbocycles. The first-order chi connectivity index (χ1) is 26.8. The molecule has 4 heterocycles. The fraction of sp³-hybridized carbons (Fsp3) is 0.268. The van der Waals surface area contributed by atoms with Crippen molar-refractivity contribution in [2.75, 3.05) is 28.6 Å². The van der Waals surface area contributed by atoms with E-state index in [1.165, 1.54) is 29.5 Å². The summed E-state index contributed by atoms with van der Waals surface area (Å²) < 4.78 is 40.6. The third-order valence-corrected chi connectivity index (χ3v) is 9.83. The van der Waals surface area contributed by atoms with Crippen LogP contribution in [0.2, 0.25) is 0 Å². The number of nitrogens with zero attached hydrogens (tertiary/aromatic N) is 4. The SMILES string of the molecule is Cc1nc2c(N3CCC[C@H](NC(=O)OC(C)(C)C)C3)c(NC(=O)c3nc4cc(-c5c(F)cccc5F)ccc4cc3NC(=O)OCc3ccccc3)cnc2s1. The number of carbonyl (C=O) groups excluding carboxylic acids is 3. The van der Waals surface area contributed by atoms with Crippen molar-refractivity contribution >= 4 is 67.7 Å². The Labute approximate surface area is 325 Å². The summed E-state index contributed by atoms with van der Waals surface area (Å²) in [5.41, 5.74) is 1.68. The molecule has 0 saturated carbocycles. The summed E-state index contributed by atoms with van der Waals surface area (Å²) in [7, 11) is 0. The van der Waals surface area contributed by atoms with Gasteiger partial charge in [0.25, 0.3) is 5.91 Å². The minimum Gasteiger partial charge on any atom is -0.444 e. The predicted molar refractivity (Wildman–Crippen MR) is 212 cm³/mol. The molecule has 1 aliphatic heterocycles. The quantitative estimate of drug-likeness (QED) is 0.138. The van der Waals surface area contributed by atoms with E-state index in [2.05, 4.69) is 25.9 Å². The van der Waals surface area contributed by atoms with Crippen LogP contribution < -0.4 is 20.9 Å². The molecule has 1 aliphatic rings. The molecule has 1 saturated heterocycles. The lowest BCUT2D eigenvalue weighted by Crippen LogP contribution is -2.49. The maximum Gasteiger partial charge on any atom is 0.412 e. The number of aromatic nitrogens is 3.